The van der Waals surface area contributed by atoms with E-state index in [1.54, 1.807) is 18.1 Å². The molecule has 0 radical (unpaired) electrons. The topological polar surface area (TPSA) is 75.4 Å². The van der Waals surface area contributed by atoms with Gasteiger partial charge in [-0.25, -0.2) is 4.98 Å². The molecule has 0 bridgehead atoms. The summed E-state index contributed by atoms with van der Waals surface area (Å²) in [5.41, 5.74) is 0. The predicted octanol–water partition coefficient (Wildman–Crippen LogP) is 0.633. The van der Waals surface area contributed by atoms with Crippen molar-refractivity contribution in [2.45, 2.75) is 25.8 Å². The maximum absolute atomic E-state index is 11.7. The second-order valence-electron chi connectivity index (χ2n) is 3.95. The van der Waals surface area contributed by atoms with Crippen LogP contribution in [0.5, 0.6) is 0 Å². The Morgan fingerprint density at radius 1 is 1.47 bits per heavy atom. The SMILES string of the molecule is CN(Cc1nccn1C)C(=O)CCCC(=O)O. The van der Waals surface area contributed by atoms with Gasteiger partial charge in [0.25, 0.3) is 0 Å². The van der Waals surface area contributed by atoms with Gasteiger partial charge in [-0.3, -0.25) is 9.59 Å². The normalized spacial score (nSPS) is 10.2. The fourth-order valence-corrected chi connectivity index (χ4v) is 1.43. The van der Waals surface area contributed by atoms with Crippen molar-refractivity contribution in [2.24, 2.45) is 7.05 Å². The number of aryl methyl sites for hydroxylation is 1. The van der Waals surface area contributed by atoms with Crippen molar-refractivity contribution in [3.63, 3.8) is 0 Å². The Bertz CT molecular complexity index is 400. The summed E-state index contributed by atoms with van der Waals surface area (Å²) in [6.07, 6.45) is 4.16. The van der Waals surface area contributed by atoms with Crippen LogP contribution in [0.25, 0.3) is 0 Å². The molecule has 0 saturated carbocycles. The van der Waals surface area contributed by atoms with Gasteiger partial charge < -0.3 is 14.6 Å². The second kappa shape index (κ2) is 6.03. The van der Waals surface area contributed by atoms with Gasteiger partial charge in [-0.05, 0) is 6.42 Å². The minimum absolute atomic E-state index is 0.0297. The van der Waals surface area contributed by atoms with E-state index in [0.717, 1.165) is 5.82 Å². The van der Waals surface area contributed by atoms with E-state index in [1.807, 2.05) is 17.8 Å². The minimum Gasteiger partial charge on any atom is -0.481 e. The smallest absolute Gasteiger partial charge is 0.303 e. The first-order chi connectivity index (χ1) is 8.00. The van der Waals surface area contributed by atoms with E-state index in [4.69, 9.17) is 5.11 Å². The summed E-state index contributed by atoms with van der Waals surface area (Å²) in [7, 11) is 3.56. The molecule has 1 amide bonds. The lowest BCUT2D eigenvalue weighted by atomic mass is 10.2. The van der Waals surface area contributed by atoms with Gasteiger partial charge in [0.2, 0.25) is 5.91 Å². The molecular weight excluding hydrogens is 222 g/mol. The third-order valence-corrected chi connectivity index (χ3v) is 2.51. The van der Waals surface area contributed by atoms with Gasteiger partial charge in [0.15, 0.2) is 0 Å². The van der Waals surface area contributed by atoms with E-state index in [0.29, 0.717) is 13.0 Å². The quantitative estimate of drug-likeness (QED) is 0.790. The Hall–Kier alpha value is -1.85. The van der Waals surface area contributed by atoms with Crippen LogP contribution >= 0.6 is 0 Å². The second-order valence-corrected chi connectivity index (χ2v) is 3.95. The number of hydrogen-bond donors (Lipinski definition) is 1. The maximum atomic E-state index is 11.7. The van der Waals surface area contributed by atoms with Gasteiger partial charge in [0.1, 0.15) is 5.82 Å². The van der Waals surface area contributed by atoms with Crippen LogP contribution in [-0.2, 0) is 23.2 Å². The van der Waals surface area contributed by atoms with Gasteiger partial charge in [-0.15, -0.1) is 0 Å². The first-order valence-electron chi connectivity index (χ1n) is 5.42. The van der Waals surface area contributed by atoms with Gasteiger partial charge in [0.05, 0.1) is 6.54 Å². The number of amides is 1. The molecule has 1 rings (SSSR count). The minimum atomic E-state index is -0.871. The molecule has 1 aromatic rings. The summed E-state index contributed by atoms with van der Waals surface area (Å²) in [5, 5.41) is 8.47. The number of rotatable bonds is 6. The lowest BCUT2D eigenvalue weighted by Crippen LogP contribution is -2.27. The summed E-state index contributed by atoms with van der Waals surface area (Å²) in [5.74, 6) is -0.127. The number of hydrogen-bond acceptors (Lipinski definition) is 3. The van der Waals surface area contributed by atoms with E-state index < -0.39 is 5.97 Å². The Kier molecular flexibility index (Phi) is 4.68. The molecule has 17 heavy (non-hydrogen) atoms. The van der Waals surface area contributed by atoms with E-state index >= 15 is 0 Å². The highest BCUT2D eigenvalue weighted by molar-refractivity contribution is 5.76. The molecular formula is C11H17N3O3. The molecule has 6 heteroatoms. The van der Waals surface area contributed by atoms with Crippen LogP contribution in [0.2, 0.25) is 0 Å². The lowest BCUT2D eigenvalue weighted by Gasteiger charge is -2.16. The Balaban J connectivity index is 2.37. The summed E-state index contributed by atoms with van der Waals surface area (Å²) in [4.78, 5) is 27.7. The maximum Gasteiger partial charge on any atom is 0.303 e. The number of nitrogens with zero attached hydrogens (tertiary/aromatic N) is 3. The molecule has 0 aromatic carbocycles. The van der Waals surface area contributed by atoms with Crippen LogP contribution in [0.3, 0.4) is 0 Å². The number of carbonyl (C=O) groups is 2. The van der Waals surface area contributed by atoms with Crippen molar-refractivity contribution in [1.82, 2.24) is 14.5 Å². The number of aromatic nitrogens is 2. The van der Waals surface area contributed by atoms with Crippen LogP contribution in [-0.4, -0.2) is 38.5 Å². The van der Waals surface area contributed by atoms with Crippen molar-refractivity contribution in [1.29, 1.82) is 0 Å². The van der Waals surface area contributed by atoms with Gasteiger partial charge in [-0.1, -0.05) is 0 Å². The average Bonchev–Trinajstić information content (AvgIpc) is 2.63. The molecule has 94 valence electrons. The molecule has 0 atom stereocenters. The molecule has 0 unspecified atom stereocenters. The van der Waals surface area contributed by atoms with E-state index in [1.165, 1.54) is 0 Å². The molecule has 0 saturated heterocycles. The first kappa shape index (κ1) is 13.2. The lowest BCUT2D eigenvalue weighted by molar-refractivity contribution is -0.137. The van der Waals surface area contributed by atoms with Crippen molar-refractivity contribution < 1.29 is 14.7 Å². The highest BCUT2D eigenvalue weighted by Crippen LogP contribution is 2.04. The highest BCUT2D eigenvalue weighted by atomic mass is 16.4. The zero-order valence-corrected chi connectivity index (χ0v) is 10.1. The van der Waals surface area contributed by atoms with Crippen molar-refractivity contribution in [3.8, 4) is 0 Å². The number of imidazole rings is 1. The summed E-state index contributed by atoms with van der Waals surface area (Å²) < 4.78 is 1.85. The van der Waals surface area contributed by atoms with Crippen LogP contribution < -0.4 is 0 Å². The molecule has 0 aliphatic rings. The van der Waals surface area contributed by atoms with Crippen LogP contribution in [0.15, 0.2) is 12.4 Å². The number of carbonyl (C=O) groups excluding carboxylic acids is 1. The first-order valence-corrected chi connectivity index (χ1v) is 5.42. The number of carboxylic acids is 1. The van der Waals surface area contributed by atoms with Crippen molar-refractivity contribution in [2.75, 3.05) is 7.05 Å². The van der Waals surface area contributed by atoms with E-state index in [-0.39, 0.29) is 18.7 Å². The predicted molar refractivity (Wildman–Crippen MR) is 61.2 cm³/mol. The number of aliphatic carboxylic acids is 1. The van der Waals surface area contributed by atoms with Crippen LogP contribution in [0, 0.1) is 0 Å². The molecule has 0 spiro atoms. The summed E-state index contributed by atoms with van der Waals surface area (Å²) in [6, 6.07) is 0. The monoisotopic (exact) mass is 239 g/mol. The molecule has 6 nitrogen and oxygen atoms in total. The molecule has 1 heterocycles. The molecule has 1 N–H and O–H groups in total. The summed E-state index contributed by atoms with van der Waals surface area (Å²) >= 11 is 0. The zero-order chi connectivity index (χ0) is 12.8. The fourth-order valence-electron chi connectivity index (χ4n) is 1.43. The molecule has 1 aromatic heterocycles. The highest BCUT2D eigenvalue weighted by Gasteiger charge is 2.11. The van der Waals surface area contributed by atoms with E-state index in [2.05, 4.69) is 4.98 Å². The Morgan fingerprint density at radius 2 is 2.18 bits per heavy atom. The Morgan fingerprint density at radius 3 is 2.71 bits per heavy atom. The van der Waals surface area contributed by atoms with Crippen molar-refractivity contribution in [3.05, 3.63) is 18.2 Å². The molecule has 0 aliphatic heterocycles. The van der Waals surface area contributed by atoms with Gasteiger partial charge in [-0.2, -0.15) is 0 Å². The van der Waals surface area contributed by atoms with Crippen LogP contribution in [0.4, 0.5) is 0 Å². The van der Waals surface area contributed by atoms with Gasteiger partial charge >= 0.3 is 5.97 Å². The average molecular weight is 239 g/mol. The Labute approximate surface area is 99.9 Å². The van der Waals surface area contributed by atoms with Crippen molar-refractivity contribution >= 4 is 11.9 Å². The third kappa shape index (κ3) is 4.26. The molecule has 0 fully saturated rings. The number of carboxylic acid groups (broad SMARTS) is 1. The zero-order valence-electron chi connectivity index (χ0n) is 10.1. The summed E-state index contributed by atoms with van der Waals surface area (Å²) in [6.45, 7) is 0.440. The third-order valence-electron chi connectivity index (χ3n) is 2.51. The van der Waals surface area contributed by atoms with E-state index in [9.17, 15) is 9.59 Å². The largest absolute Gasteiger partial charge is 0.481 e. The standard InChI is InChI=1S/C11H17N3O3/c1-13-7-6-12-9(13)8-14(2)10(15)4-3-5-11(16)17/h6-7H,3-5,8H2,1-2H3,(H,16,17). The van der Waals surface area contributed by atoms with Crippen LogP contribution in [0.1, 0.15) is 25.1 Å². The van der Waals surface area contributed by atoms with Gasteiger partial charge in [0, 0.05) is 39.3 Å². The fraction of sp³-hybridized carbons (Fsp3) is 0.545. The molecule has 0 aliphatic carbocycles.